The van der Waals surface area contributed by atoms with Crippen LogP contribution in [0, 0.1) is 5.92 Å². The van der Waals surface area contributed by atoms with E-state index in [9.17, 15) is 4.79 Å². The molecule has 0 aromatic carbocycles. The third kappa shape index (κ3) is 3.17. The Labute approximate surface area is 100 Å². The molecular weight excluding hydrogens is 218 g/mol. The minimum absolute atomic E-state index is 0.377. The number of amides is 1. The molecule has 1 fully saturated rings. The zero-order valence-electron chi connectivity index (χ0n) is 9.85. The van der Waals surface area contributed by atoms with E-state index in [1.54, 1.807) is 25.4 Å². The van der Waals surface area contributed by atoms with E-state index in [1.165, 1.54) is 12.8 Å². The third-order valence-corrected chi connectivity index (χ3v) is 2.89. The molecular formula is C12H17N3O2. The number of nitrogens with one attached hydrogen (secondary N) is 1. The Morgan fingerprint density at radius 2 is 2.41 bits per heavy atom. The van der Waals surface area contributed by atoms with Crippen LogP contribution in [-0.4, -0.2) is 24.5 Å². The number of carbonyl (C=O) groups excluding carboxylic acids is 1. The van der Waals surface area contributed by atoms with Gasteiger partial charge in [-0.05, 0) is 30.9 Å². The Morgan fingerprint density at radius 3 is 2.88 bits per heavy atom. The van der Waals surface area contributed by atoms with Gasteiger partial charge in [-0.2, -0.15) is 0 Å². The molecule has 0 radical (unpaired) electrons. The van der Waals surface area contributed by atoms with Crippen LogP contribution in [0.4, 0.5) is 0 Å². The van der Waals surface area contributed by atoms with Crippen molar-refractivity contribution < 1.29 is 9.53 Å². The second-order valence-electron chi connectivity index (χ2n) is 4.32. The largest absolute Gasteiger partial charge is 0.481 e. The highest BCUT2D eigenvalue weighted by Gasteiger charge is 2.24. The molecule has 0 spiro atoms. The number of hydrogen-bond donors (Lipinski definition) is 2. The van der Waals surface area contributed by atoms with Crippen molar-refractivity contribution in [2.75, 3.05) is 13.7 Å². The van der Waals surface area contributed by atoms with E-state index in [4.69, 9.17) is 10.5 Å². The van der Waals surface area contributed by atoms with Crippen LogP contribution in [0.2, 0.25) is 0 Å². The lowest BCUT2D eigenvalue weighted by Gasteiger charge is -2.15. The topological polar surface area (TPSA) is 77.2 Å². The summed E-state index contributed by atoms with van der Waals surface area (Å²) >= 11 is 0. The molecule has 1 aliphatic carbocycles. The Kier molecular flexibility index (Phi) is 3.58. The summed E-state index contributed by atoms with van der Waals surface area (Å²) in [4.78, 5) is 15.5. The van der Waals surface area contributed by atoms with Crippen molar-refractivity contribution in [3.8, 4) is 5.88 Å². The van der Waals surface area contributed by atoms with E-state index in [2.05, 4.69) is 10.3 Å². The Hall–Kier alpha value is -1.62. The van der Waals surface area contributed by atoms with Crippen LogP contribution in [0.1, 0.15) is 24.4 Å². The fraction of sp³-hybridized carbons (Fsp3) is 0.500. The molecule has 17 heavy (non-hydrogen) atoms. The van der Waals surface area contributed by atoms with Gasteiger partial charge < -0.3 is 15.8 Å². The van der Waals surface area contributed by atoms with E-state index in [0.717, 1.165) is 12.1 Å². The van der Waals surface area contributed by atoms with Crippen molar-refractivity contribution in [3.63, 3.8) is 0 Å². The first-order valence-electron chi connectivity index (χ1n) is 5.73. The lowest BCUT2D eigenvalue weighted by atomic mass is 10.1. The Bertz CT molecular complexity index is 387. The van der Waals surface area contributed by atoms with Crippen LogP contribution < -0.4 is 15.8 Å². The van der Waals surface area contributed by atoms with Crippen molar-refractivity contribution in [1.29, 1.82) is 0 Å². The average molecular weight is 235 g/mol. The third-order valence-electron chi connectivity index (χ3n) is 2.89. The molecule has 1 aliphatic rings. The van der Waals surface area contributed by atoms with Crippen LogP contribution in [0.15, 0.2) is 18.3 Å². The van der Waals surface area contributed by atoms with Gasteiger partial charge in [0.25, 0.3) is 0 Å². The summed E-state index contributed by atoms with van der Waals surface area (Å²) in [6, 6.07) is 3.07. The summed E-state index contributed by atoms with van der Waals surface area (Å²) in [5.41, 5.74) is 6.16. The highest BCUT2D eigenvalue weighted by molar-refractivity contribution is 5.81. The van der Waals surface area contributed by atoms with Crippen molar-refractivity contribution in [2.24, 2.45) is 11.7 Å². The smallest absolute Gasteiger partial charge is 0.239 e. The normalized spacial score (nSPS) is 16.5. The van der Waals surface area contributed by atoms with E-state index in [0.29, 0.717) is 11.8 Å². The summed E-state index contributed by atoms with van der Waals surface area (Å²) in [5, 5.41) is 3.18. The lowest BCUT2D eigenvalue weighted by Crippen LogP contribution is -2.34. The molecule has 2 rings (SSSR count). The number of pyridine rings is 1. The van der Waals surface area contributed by atoms with Gasteiger partial charge >= 0.3 is 0 Å². The first kappa shape index (κ1) is 11.9. The van der Waals surface area contributed by atoms with Gasteiger partial charge in [-0.1, -0.05) is 6.07 Å². The van der Waals surface area contributed by atoms with Gasteiger partial charge in [0, 0.05) is 12.3 Å². The Balaban J connectivity index is 2.04. The molecule has 1 heterocycles. The van der Waals surface area contributed by atoms with Gasteiger partial charge in [0.05, 0.1) is 7.11 Å². The van der Waals surface area contributed by atoms with Gasteiger partial charge in [-0.25, -0.2) is 4.98 Å². The Morgan fingerprint density at radius 1 is 1.65 bits per heavy atom. The molecule has 92 valence electrons. The van der Waals surface area contributed by atoms with Crippen molar-refractivity contribution >= 4 is 5.91 Å². The molecule has 3 N–H and O–H groups in total. The summed E-state index contributed by atoms with van der Waals surface area (Å²) < 4.78 is 4.97. The molecule has 5 heteroatoms. The molecule has 1 aromatic rings. The standard InChI is InChI=1S/C12H17N3O2/c1-17-10-5-4-9(7-14-10)11(12(13)16)15-6-8-2-3-8/h4-5,7-8,11,15H,2-3,6H2,1H3,(H2,13,16). The van der Waals surface area contributed by atoms with E-state index < -0.39 is 6.04 Å². The first-order valence-corrected chi connectivity index (χ1v) is 5.73. The van der Waals surface area contributed by atoms with Gasteiger partial charge in [0.2, 0.25) is 11.8 Å². The minimum atomic E-state index is -0.464. The highest BCUT2D eigenvalue weighted by Crippen LogP contribution is 2.28. The van der Waals surface area contributed by atoms with Crippen LogP contribution >= 0.6 is 0 Å². The molecule has 1 amide bonds. The van der Waals surface area contributed by atoms with Crippen LogP contribution in [0.3, 0.4) is 0 Å². The molecule has 1 unspecified atom stereocenters. The molecule has 1 saturated carbocycles. The predicted octanol–water partition coefficient (Wildman–Crippen LogP) is 0.616. The van der Waals surface area contributed by atoms with Gasteiger partial charge in [-0.15, -0.1) is 0 Å². The van der Waals surface area contributed by atoms with Crippen molar-refractivity contribution in [2.45, 2.75) is 18.9 Å². The fourth-order valence-electron chi connectivity index (χ4n) is 1.67. The van der Waals surface area contributed by atoms with Crippen molar-refractivity contribution in [1.82, 2.24) is 10.3 Å². The number of hydrogen-bond acceptors (Lipinski definition) is 4. The van der Waals surface area contributed by atoms with Gasteiger partial charge in [0.15, 0.2) is 0 Å². The molecule has 0 bridgehead atoms. The molecule has 1 atom stereocenters. The maximum atomic E-state index is 11.4. The molecule has 0 aliphatic heterocycles. The quantitative estimate of drug-likeness (QED) is 0.757. The van der Waals surface area contributed by atoms with Crippen molar-refractivity contribution in [3.05, 3.63) is 23.9 Å². The minimum Gasteiger partial charge on any atom is -0.481 e. The molecule has 5 nitrogen and oxygen atoms in total. The predicted molar refractivity (Wildman–Crippen MR) is 63.5 cm³/mol. The lowest BCUT2D eigenvalue weighted by molar-refractivity contribution is -0.120. The summed E-state index contributed by atoms with van der Waals surface area (Å²) in [6.07, 6.45) is 4.09. The summed E-state index contributed by atoms with van der Waals surface area (Å²) in [5.74, 6) is 0.847. The molecule has 0 saturated heterocycles. The average Bonchev–Trinajstić information content (AvgIpc) is 3.14. The molecule has 1 aromatic heterocycles. The zero-order chi connectivity index (χ0) is 12.3. The maximum absolute atomic E-state index is 11.4. The fourth-order valence-corrected chi connectivity index (χ4v) is 1.67. The second-order valence-corrected chi connectivity index (χ2v) is 4.32. The number of primary amides is 1. The van der Waals surface area contributed by atoms with Gasteiger partial charge in [-0.3, -0.25) is 4.79 Å². The number of nitrogens with zero attached hydrogens (tertiary/aromatic N) is 1. The first-order chi connectivity index (χ1) is 8.20. The number of carbonyl (C=O) groups is 1. The number of aromatic nitrogens is 1. The second kappa shape index (κ2) is 5.14. The highest BCUT2D eigenvalue weighted by atomic mass is 16.5. The summed E-state index contributed by atoms with van der Waals surface area (Å²) in [7, 11) is 1.55. The van der Waals surface area contributed by atoms with Crippen LogP contribution in [0.5, 0.6) is 5.88 Å². The number of methoxy groups -OCH3 is 1. The van der Waals surface area contributed by atoms with E-state index in [1.807, 2.05) is 0 Å². The monoisotopic (exact) mass is 235 g/mol. The number of rotatable bonds is 6. The SMILES string of the molecule is COc1ccc(C(NCC2CC2)C(N)=O)cn1. The number of ether oxygens (including phenoxy) is 1. The van der Waals surface area contributed by atoms with E-state index >= 15 is 0 Å². The van der Waals surface area contributed by atoms with Crippen LogP contribution in [-0.2, 0) is 4.79 Å². The summed E-state index contributed by atoms with van der Waals surface area (Å²) in [6.45, 7) is 0.833. The van der Waals surface area contributed by atoms with Gasteiger partial charge in [0.1, 0.15) is 6.04 Å². The zero-order valence-corrected chi connectivity index (χ0v) is 9.85. The van der Waals surface area contributed by atoms with E-state index in [-0.39, 0.29) is 5.91 Å². The number of nitrogens with two attached hydrogens (primary N) is 1. The maximum Gasteiger partial charge on any atom is 0.239 e. The van der Waals surface area contributed by atoms with Crippen LogP contribution in [0.25, 0.3) is 0 Å².